The minimum atomic E-state index is 0. The van der Waals surface area contributed by atoms with E-state index in [0.29, 0.717) is 5.89 Å². The minimum Gasteiger partial charge on any atom is -0.444 e. The quantitative estimate of drug-likeness (QED) is 0.253. The molecule has 0 aliphatic rings. The molecule has 1 heterocycles. The van der Waals surface area contributed by atoms with Gasteiger partial charge < -0.3 is 19.8 Å². The van der Waals surface area contributed by atoms with Crippen molar-refractivity contribution in [1.82, 2.24) is 15.6 Å². The van der Waals surface area contributed by atoms with Crippen molar-refractivity contribution in [1.29, 1.82) is 0 Å². The monoisotopic (exact) mass is 472 g/mol. The molecule has 2 aromatic rings. The number of aryl methyl sites for hydroxylation is 1. The van der Waals surface area contributed by atoms with E-state index in [1.165, 1.54) is 5.56 Å². The summed E-state index contributed by atoms with van der Waals surface area (Å²) >= 11 is 0. The van der Waals surface area contributed by atoms with Crippen LogP contribution in [0.5, 0.6) is 0 Å². The zero-order valence-electron chi connectivity index (χ0n) is 15.7. The highest BCUT2D eigenvalue weighted by atomic mass is 127. The third kappa shape index (κ3) is 7.74. The highest BCUT2D eigenvalue weighted by molar-refractivity contribution is 14.0. The first kappa shape index (κ1) is 22.4. The van der Waals surface area contributed by atoms with E-state index in [9.17, 15) is 0 Å². The smallest absolute Gasteiger partial charge is 0.226 e. The van der Waals surface area contributed by atoms with E-state index in [2.05, 4.69) is 39.7 Å². The molecule has 144 valence electrons. The number of rotatable bonds is 9. The number of nitrogens with zero attached hydrogens (tertiary/aromatic N) is 2. The molecule has 6 nitrogen and oxygen atoms in total. The number of oxazole rings is 1. The lowest BCUT2D eigenvalue weighted by atomic mass is 10.1. The highest BCUT2D eigenvalue weighted by Gasteiger charge is 2.06. The molecule has 7 heteroatoms. The molecule has 2 rings (SSSR count). The van der Waals surface area contributed by atoms with Gasteiger partial charge in [0.05, 0.1) is 5.69 Å². The van der Waals surface area contributed by atoms with E-state index >= 15 is 0 Å². The fraction of sp³-hybridized carbons (Fsp3) is 0.474. The molecule has 0 saturated heterocycles. The Morgan fingerprint density at radius 2 is 1.92 bits per heavy atom. The number of ether oxygens (including phenoxy) is 1. The average molecular weight is 472 g/mol. The molecule has 0 spiro atoms. The topological polar surface area (TPSA) is 71.7 Å². The van der Waals surface area contributed by atoms with Gasteiger partial charge in [-0.15, -0.1) is 24.0 Å². The predicted octanol–water partition coefficient (Wildman–Crippen LogP) is 3.40. The van der Waals surface area contributed by atoms with Gasteiger partial charge in [0.1, 0.15) is 6.26 Å². The second-order valence-electron chi connectivity index (χ2n) is 5.74. The van der Waals surface area contributed by atoms with Gasteiger partial charge in [0.2, 0.25) is 5.89 Å². The van der Waals surface area contributed by atoms with E-state index in [-0.39, 0.29) is 24.0 Å². The van der Waals surface area contributed by atoms with Gasteiger partial charge in [-0.2, -0.15) is 0 Å². The second-order valence-corrected chi connectivity index (χ2v) is 5.74. The maximum Gasteiger partial charge on any atom is 0.226 e. The number of aromatic nitrogens is 1. The van der Waals surface area contributed by atoms with E-state index in [0.717, 1.165) is 56.4 Å². The van der Waals surface area contributed by atoms with Crippen LogP contribution in [0, 0.1) is 6.92 Å². The summed E-state index contributed by atoms with van der Waals surface area (Å²) in [5, 5.41) is 6.55. The summed E-state index contributed by atoms with van der Waals surface area (Å²) in [5.74, 6) is 1.45. The van der Waals surface area contributed by atoms with Crippen LogP contribution in [0.25, 0.3) is 11.5 Å². The minimum absolute atomic E-state index is 0. The Balaban J connectivity index is 0.00000338. The van der Waals surface area contributed by atoms with Crippen molar-refractivity contribution in [3.05, 3.63) is 41.8 Å². The Kier molecular flexibility index (Phi) is 11.0. The zero-order valence-corrected chi connectivity index (χ0v) is 18.1. The maximum atomic E-state index is 5.58. The molecule has 1 aromatic carbocycles. The molecule has 0 saturated carbocycles. The fourth-order valence-corrected chi connectivity index (χ4v) is 2.31. The van der Waals surface area contributed by atoms with E-state index in [4.69, 9.17) is 9.15 Å². The summed E-state index contributed by atoms with van der Waals surface area (Å²) in [6, 6.07) is 8.17. The molecule has 1 aromatic heterocycles. The molecule has 0 aliphatic carbocycles. The van der Waals surface area contributed by atoms with Crippen molar-refractivity contribution in [2.45, 2.75) is 26.7 Å². The number of aliphatic imine (C=N–C) groups is 1. The van der Waals surface area contributed by atoms with Crippen LogP contribution in [0.4, 0.5) is 0 Å². The van der Waals surface area contributed by atoms with E-state index in [1.807, 2.05) is 19.1 Å². The molecule has 0 radical (unpaired) electrons. The summed E-state index contributed by atoms with van der Waals surface area (Å²) in [6.45, 7) is 7.17. The molecule has 26 heavy (non-hydrogen) atoms. The summed E-state index contributed by atoms with van der Waals surface area (Å²) in [4.78, 5) is 8.75. The van der Waals surface area contributed by atoms with Crippen molar-refractivity contribution in [3.63, 3.8) is 0 Å². The van der Waals surface area contributed by atoms with Crippen molar-refractivity contribution in [3.8, 4) is 11.5 Å². The average Bonchev–Trinajstić information content (AvgIpc) is 3.09. The lowest BCUT2D eigenvalue weighted by Gasteiger charge is -2.11. The van der Waals surface area contributed by atoms with Crippen LogP contribution in [0.3, 0.4) is 0 Å². The van der Waals surface area contributed by atoms with Gasteiger partial charge in [-0.1, -0.05) is 17.7 Å². The molecular formula is C19H29IN4O2. The van der Waals surface area contributed by atoms with Crippen LogP contribution >= 0.6 is 24.0 Å². The summed E-state index contributed by atoms with van der Waals surface area (Å²) in [7, 11) is 1.77. The lowest BCUT2D eigenvalue weighted by molar-refractivity contribution is 0.145. The number of halogens is 1. The standard InChI is InChI=1S/C19H28N4O2.HI/c1-4-24-13-5-11-21-19(20-3)22-12-10-17-14-25-18(23-17)16-8-6-15(2)7-9-16;/h6-9,14H,4-5,10-13H2,1-3H3,(H2,20,21,22);1H. The Bertz CT molecular complexity index is 656. The Morgan fingerprint density at radius 1 is 1.19 bits per heavy atom. The molecule has 0 fully saturated rings. The van der Waals surface area contributed by atoms with Gasteiger partial charge in [-0.3, -0.25) is 4.99 Å². The number of hydrogen-bond acceptors (Lipinski definition) is 4. The van der Waals surface area contributed by atoms with Gasteiger partial charge in [0.25, 0.3) is 0 Å². The van der Waals surface area contributed by atoms with Gasteiger partial charge in [-0.25, -0.2) is 4.98 Å². The number of nitrogens with one attached hydrogen (secondary N) is 2. The van der Waals surface area contributed by atoms with Gasteiger partial charge >= 0.3 is 0 Å². The van der Waals surface area contributed by atoms with E-state index in [1.54, 1.807) is 13.3 Å². The molecular weight excluding hydrogens is 443 g/mol. The van der Waals surface area contributed by atoms with Crippen LogP contribution in [0.15, 0.2) is 39.9 Å². The Hall–Kier alpha value is -1.61. The van der Waals surface area contributed by atoms with Crippen LogP contribution in [-0.2, 0) is 11.2 Å². The molecule has 0 unspecified atom stereocenters. The maximum absolute atomic E-state index is 5.58. The van der Waals surface area contributed by atoms with Gasteiger partial charge in [-0.05, 0) is 32.4 Å². The van der Waals surface area contributed by atoms with Crippen LogP contribution < -0.4 is 10.6 Å². The summed E-state index contributed by atoms with van der Waals surface area (Å²) in [5.41, 5.74) is 3.14. The van der Waals surface area contributed by atoms with Crippen molar-refractivity contribution >= 4 is 29.9 Å². The molecule has 0 bridgehead atoms. The van der Waals surface area contributed by atoms with Gasteiger partial charge in [0.15, 0.2) is 5.96 Å². The SMILES string of the molecule is CCOCCCNC(=NC)NCCc1coc(-c2ccc(C)cc2)n1.I. The first-order valence-corrected chi connectivity index (χ1v) is 8.76. The highest BCUT2D eigenvalue weighted by Crippen LogP contribution is 2.19. The first-order chi connectivity index (χ1) is 12.2. The van der Waals surface area contributed by atoms with Crippen molar-refractivity contribution < 1.29 is 9.15 Å². The van der Waals surface area contributed by atoms with Crippen LogP contribution in [-0.4, -0.2) is 44.3 Å². The molecule has 0 atom stereocenters. The second kappa shape index (κ2) is 12.7. The number of benzene rings is 1. The largest absolute Gasteiger partial charge is 0.444 e. The first-order valence-electron chi connectivity index (χ1n) is 8.76. The molecule has 0 amide bonds. The van der Waals surface area contributed by atoms with Gasteiger partial charge in [0, 0.05) is 45.3 Å². The van der Waals surface area contributed by atoms with Crippen molar-refractivity contribution in [2.75, 3.05) is 33.4 Å². The van der Waals surface area contributed by atoms with Crippen LogP contribution in [0.2, 0.25) is 0 Å². The Labute approximate surface area is 172 Å². The number of hydrogen-bond donors (Lipinski definition) is 2. The molecule has 0 aliphatic heterocycles. The fourth-order valence-electron chi connectivity index (χ4n) is 2.31. The van der Waals surface area contributed by atoms with E-state index < -0.39 is 0 Å². The Morgan fingerprint density at radius 3 is 2.62 bits per heavy atom. The normalized spacial score (nSPS) is 11.1. The lowest BCUT2D eigenvalue weighted by Crippen LogP contribution is -2.39. The number of guanidine groups is 1. The molecule has 2 N–H and O–H groups in total. The third-order valence-electron chi connectivity index (χ3n) is 3.71. The van der Waals surface area contributed by atoms with Crippen molar-refractivity contribution in [2.24, 2.45) is 4.99 Å². The predicted molar refractivity (Wildman–Crippen MR) is 116 cm³/mol. The third-order valence-corrected chi connectivity index (χ3v) is 3.71. The summed E-state index contributed by atoms with van der Waals surface area (Å²) in [6.07, 6.45) is 3.45. The summed E-state index contributed by atoms with van der Waals surface area (Å²) < 4.78 is 10.9. The van der Waals surface area contributed by atoms with Crippen LogP contribution in [0.1, 0.15) is 24.6 Å². The zero-order chi connectivity index (χ0) is 17.9.